The largest absolute Gasteiger partial charge is 0.497 e. The highest BCUT2D eigenvalue weighted by molar-refractivity contribution is 7.92. The molecule has 5 heteroatoms. The molecule has 1 heterocycles. The van der Waals surface area contributed by atoms with Crippen LogP contribution in [0.4, 0.5) is 5.69 Å². The third kappa shape index (κ3) is 2.92. The van der Waals surface area contributed by atoms with Crippen molar-refractivity contribution in [1.29, 1.82) is 0 Å². The van der Waals surface area contributed by atoms with Gasteiger partial charge in [0.25, 0.3) is 0 Å². The van der Waals surface area contributed by atoms with E-state index in [1.807, 2.05) is 25.1 Å². The number of sulfonamides is 1. The van der Waals surface area contributed by atoms with Crippen molar-refractivity contribution in [3.63, 3.8) is 0 Å². The van der Waals surface area contributed by atoms with Gasteiger partial charge in [0, 0.05) is 6.54 Å². The monoisotopic (exact) mass is 297 g/mol. The topological polar surface area (TPSA) is 46.6 Å². The molecule has 1 atom stereocenters. The molecule has 0 amide bonds. The molecule has 0 radical (unpaired) electrons. The summed E-state index contributed by atoms with van der Waals surface area (Å²) in [5.74, 6) is 1.36. The molecule has 0 N–H and O–H groups in total. The highest BCUT2D eigenvalue weighted by atomic mass is 32.2. The molecule has 0 fully saturated rings. The second kappa shape index (κ2) is 6.04. The van der Waals surface area contributed by atoms with Crippen LogP contribution in [0.3, 0.4) is 0 Å². The predicted molar refractivity (Wildman–Crippen MR) is 81.9 cm³/mol. The lowest BCUT2D eigenvalue weighted by Gasteiger charge is -2.35. The van der Waals surface area contributed by atoms with Crippen molar-refractivity contribution in [2.45, 2.75) is 33.1 Å². The fourth-order valence-corrected chi connectivity index (χ4v) is 4.36. The molecule has 0 aromatic heterocycles. The van der Waals surface area contributed by atoms with Crippen LogP contribution in [0.5, 0.6) is 5.75 Å². The number of hydrogen-bond acceptors (Lipinski definition) is 3. The Balaban J connectivity index is 2.45. The average molecular weight is 297 g/mol. The van der Waals surface area contributed by atoms with Gasteiger partial charge in [-0.1, -0.05) is 20.3 Å². The molecule has 0 saturated carbocycles. The summed E-state index contributed by atoms with van der Waals surface area (Å²) in [6, 6.07) is 5.67. The Labute approximate surface area is 121 Å². The van der Waals surface area contributed by atoms with Crippen molar-refractivity contribution in [1.82, 2.24) is 0 Å². The first-order valence-corrected chi connectivity index (χ1v) is 8.80. The van der Waals surface area contributed by atoms with E-state index in [0.717, 1.165) is 29.8 Å². The molecule has 1 unspecified atom stereocenters. The van der Waals surface area contributed by atoms with Crippen LogP contribution < -0.4 is 9.04 Å². The number of fused-ring (bicyclic) bond motifs is 1. The lowest BCUT2D eigenvalue weighted by molar-refractivity contribution is 0.412. The Bertz CT molecular complexity index is 568. The fourth-order valence-electron chi connectivity index (χ4n) is 2.71. The van der Waals surface area contributed by atoms with Crippen LogP contribution in [-0.2, 0) is 16.4 Å². The molecule has 0 aliphatic carbocycles. The lowest BCUT2D eigenvalue weighted by atomic mass is 9.92. The van der Waals surface area contributed by atoms with Crippen LogP contribution in [0.15, 0.2) is 18.2 Å². The van der Waals surface area contributed by atoms with E-state index in [2.05, 4.69) is 6.92 Å². The molecular formula is C15H23NO3S. The summed E-state index contributed by atoms with van der Waals surface area (Å²) in [5, 5.41) is 0. The predicted octanol–water partition coefficient (Wildman–Crippen LogP) is 2.82. The van der Waals surface area contributed by atoms with Gasteiger partial charge in [-0.3, -0.25) is 4.31 Å². The molecule has 112 valence electrons. The first-order chi connectivity index (χ1) is 9.51. The van der Waals surface area contributed by atoms with Crippen LogP contribution >= 0.6 is 0 Å². The van der Waals surface area contributed by atoms with Crippen LogP contribution in [0.1, 0.15) is 32.3 Å². The number of ether oxygens (including phenoxy) is 1. The minimum Gasteiger partial charge on any atom is -0.497 e. The van der Waals surface area contributed by atoms with E-state index in [1.54, 1.807) is 11.4 Å². The van der Waals surface area contributed by atoms with Gasteiger partial charge in [0.15, 0.2) is 0 Å². The zero-order chi connectivity index (χ0) is 14.8. The summed E-state index contributed by atoms with van der Waals surface area (Å²) in [4.78, 5) is 0. The highest BCUT2D eigenvalue weighted by Gasteiger charge is 2.31. The van der Waals surface area contributed by atoms with E-state index in [1.165, 1.54) is 0 Å². The number of rotatable bonds is 5. The molecule has 0 saturated heterocycles. The Morgan fingerprint density at radius 2 is 2.10 bits per heavy atom. The second-order valence-electron chi connectivity index (χ2n) is 5.32. The molecule has 1 aromatic rings. The summed E-state index contributed by atoms with van der Waals surface area (Å²) in [6.45, 7) is 4.60. The Morgan fingerprint density at radius 3 is 2.70 bits per heavy atom. The second-order valence-corrected chi connectivity index (χ2v) is 7.33. The Kier molecular flexibility index (Phi) is 4.58. The molecule has 0 spiro atoms. The van der Waals surface area contributed by atoms with Gasteiger partial charge in [-0.05, 0) is 42.5 Å². The fraction of sp³-hybridized carbons (Fsp3) is 0.600. The Hall–Kier alpha value is -1.23. The number of methoxy groups -OCH3 is 1. The van der Waals surface area contributed by atoms with E-state index in [0.29, 0.717) is 18.9 Å². The first-order valence-electron chi connectivity index (χ1n) is 7.19. The minimum absolute atomic E-state index is 0.203. The van der Waals surface area contributed by atoms with Gasteiger partial charge in [0.1, 0.15) is 5.75 Å². The smallest absolute Gasteiger partial charge is 0.235 e. The summed E-state index contributed by atoms with van der Waals surface area (Å²) < 4.78 is 31.8. The summed E-state index contributed by atoms with van der Waals surface area (Å²) in [6.07, 6.45) is 2.54. The van der Waals surface area contributed by atoms with Gasteiger partial charge >= 0.3 is 0 Å². The number of anilines is 1. The van der Waals surface area contributed by atoms with Crippen LogP contribution in [0.2, 0.25) is 0 Å². The maximum absolute atomic E-state index is 12.5. The van der Waals surface area contributed by atoms with Crippen molar-refractivity contribution in [2.24, 2.45) is 5.92 Å². The normalized spacial score (nSPS) is 18.8. The lowest BCUT2D eigenvalue weighted by Crippen LogP contribution is -2.41. The average Bonchev–Trinajstić information content (AvgIpc) is 2.45. The molecule has 1 aliphatic heterocycles. The van der Waals surface area contributed by atoms with Crippen molar-refractivity contribution in [3.8, 4) is 5.75 Å². The summed E-state index contributed by atoms with van der Waals surface area (Å²) in [7, 11) is -1.58. The van der Waals surface area contributed by atoms with Crippen LogP contribution in [0.25, 0.3) is 0 Å². The number of nitrogens with zero attached hydrogens (tertiary/aromatic N) is 1. The maximum Gasteiger partial charge on any atom is 0.235 e. The van der Waals surface area contributed by atoms with Gasteiger partial charge in [0.2, 0.25) is 10.0 Å². The molecule has 20 heavy (non-hydrogen) atoms. The van der Waals surface area contributed by atoms with Gasteiger partial charge in [-0.15, -0.1) is 0 Å². The SMILES string of the molecule is CCCS(=O)(=O)N1CC(CC)Cc2cc(OC)ccc21. The van der Waals surface area contributed by atoms with Crippen molar-refractivity contribution in [3.05, 3.63) is 23.8 Å². The van der Waals surface area contributed by atoms with Crippen molar-refractivity contribution in [2.75, 3.05) is 23.7 Å². The first kappa shape index (κ1) is 15.2. The van der Waals surface area contributed by atoms with Crippen LogP contribution in [0, 0.1) is 5.92 Å². The van der Waals surface area contributed by atoms with E-state index >= 15 is 0 Å². The highest BCUT2D eigenvalue weighted by Crippen LogP contribution is 2.35. The van der Waals surface area contributed by atoms with E-state index < -0.39 is 10.0 Å². The van der Waals surface area contributed by atoms with E-state index in [-0.39, 0.29) is 5.75 Å². The molecule has 1 aliphatic rings. The van der Waals surface area contributed by atoms with Crippen molar-refractivity contribution >= 4 is 15.7 Å². The quantitative estimate of drug-likeness (QED) is 0.839. The van der Waals surface area contributed by atoms with E-state index in [4.69, 9.17) is 4.74 Å². The zero-order valence-corrected chi connectivity index (χ0v) is 13.2. The third-order valence-corrected chi connectivity index (χ3v) is 5.80. The van der Waals surface area contributed by atoms with E-state index in [9.17, 15) is 8.42 Å². The molecule has 0 bridgehead atoms. The minimum atomic E-state index is -3.22. The molecule has 2 rings (SSSR count). The zero-order valence-electron chi connectivity index (χ0n) is 12.4. The van der Waals surface area contributed by atoms with Crippen LogP contribution in [-0.4, -0.2) is 27.8 Å². The molecular weight excluding hydrogens is 274 g/mol. The number of benzene rings is 1. The summed E-state index contributed by atoms with van der Waals surface area (Å²) >= 11 is 0. The standard InChI is InChI=1S/C15H23NO3S/c1-4-8-20(17,18)16-11-12(5-2)9-13-10-14(19-3)6-7-15(13)16/h6-7,10,12H,4-5,8-9,11H2,1-3H3. The van der Waals surface area contributed by atoms with Gasteiger partial charge < -0.3 is 4.74 Å². The van der Waals surface area contributed by atoms with Gasteiger partial charge in [-0.25, -0.2) is 8.42 Å². The maximum atomic E-state index is 12.5. The number of hydrogen-bond donors (Lipinski definition) is 0. The molecule has 4 nitrogen and oxygen atoms in total. The molecule has 1 aromatic carbocycles. The third-order valence-electron chi connectivity index (χ3n) is 3.86. The Morgan fingerprint density at radius 1 is 1.35 bits per heavy atom. The van der Waals surface area contributed by atoms with Gasteiger partial charge in [-0.2, -0.15) is 0 Å². The van der Waals surface area contributed by atoms with Crippen molar-refractivity contribution < 1.29 is 13.2 Å². The summed E-state index contributed by atoms with van der Waals surface area (Å²) in [5.41, 5.74) is 1.89. The van der Waals surface area contributed by atoms with Gasteiger partial charge in [0.05, 0.1) is 18.6 Å².